The van der Waals surface area contributed by atoms with Gasteiger partial charge in [-0.25, -0.2) is 0 Å². The smallest absolute Gasteiger partial charge is 0.265 e. The summed E-state index contributed by atoms with van der Waals surface area (Å²) in [5.41, 5.74) is 0.853. The molecule has 1 unspecified atom stereocenters. The van der Waals surface area contributed by atoms with Crippen molar-refractivity contribution in [3.8, 4) is 5.75 Å². The number of anilines is 1. The molecule has 0 spiro atoms. The van der Waals surface area contributed by atoms with Crippen LogP contribution in [0.25, 0.3) is 0 Å². The van der Waals surface area contributed by atoms with E-state index in [0.29, 0.717) is 19.0 Å². The maximum Gasteiger partial charge on any atom is 0.265 e. The average Bonchev–Trinajstić information content (AvgIpc) is 3.14. The van der Waals surface area contributed by atoms with E-state index in [1.54, 1.807) is 7.11 Å². The molecule has 28 heavy (non-hydrogen) atoms. The lowest BCUT2D eigenvalue weighted by atomic mass is 10.1. The molecule has 1 amide bonds. The minimum atomic E-state index is 0. The number of nitrogens with one attached hydrogen (secondary N) is 1. The minimum Gasteiger partial charge on any atom is -0.482 e. The molecule has 1 saturated heterocycles. The van der Waals surface area contributed by atoms with Crippen molar-refractivity contribution in [2.45, 2.75) is 19.8 Å². The number of hydrogen-bond donors (Lipinski definition) is 1. The molecule has 2 aliphatic heterocycles. The number of carbonyl (C=O) groups is 1. The summed E-state index contributed by atoms with van der Waals surface area (Å²) in [5.74, 6) is 2.31. The van der Waals surface area contributed by atoms with E-state index in [1.165, 1.54) is 0 Å². The number of guanidine groups is 1. The van der Waals surface area contributed by atoms with Crippen LogP contribution >= 0.6 is 24.0 Å². The Morgan fingerprint density at radius 2 is 2.21 bits per heavy atom. The summed E-state index contributed by atoms with van der Waals surface area (Å²) >= 11 is 0. The molecule has 156 valence electrons. The summed E-state index contributed by atoms with van der Waals surface area (Å²) in [7, 11) is 1.76. The standard InChI is InChI=1S/C20H30N4O3.HI/c1-3-21-20(23-12-9-16(13-23)14-26-2)22-10-6-11-24-17-7-4-5-8-18(17)27-15-19(24)25;/h4-5,7-8,16H,3,6,9-15H2,1-2H3,(H,21,22);1H. The topological polar surface area (TPSA) is 66.4 Å². The highest BCUT2D eigenvalue weighted by Gasteiger charge is 2.26. The minimum absolute atomic E-state index is 0. The van der Waals surface area contributed by atoms with Gasteiger partial charge < -0.3 is 24.6 Å². The predicted molar refractivity (Wildman–Crippen MR) is 122 cm³/mol. The first-order chi connectivity index (χ1) is 13.2. The van der Waals surface area contributed by atoms with Crippen molar-refractivity contribution in [2.24, 2.45) is 10.9 Å². The Hall–Kier alpha value is -1.55. The molecule has 0 bridgehead atoms. The highest BCUT2D eigenvalue weighted by Crippen LogP contribution is 2.31. The van der Waals surface area contributed by atoms with Crippen molar-refractivity contribution in [1.29, 1.82) is 0 Å². The van der Waals surface area contributed by atoms with Crippen LogP contribution in [0, 0.1) is 5.92 Å². The Morgan fingerprint density at radius 3 is 3.00 bits per heavy atom. The summed E-state index contributed by atoms with van der Waals surface area (Å²) < 4.78 is 10.8. The first-order valence-corrected chi connectivity index (χ1v) is 9.77. The van der Waals surface area contributed by atoms with Gasteiger partial charge in [-0.3, -0.25) is 9.79 Å². The predicted octanol–water partition coefficient (Wildman–Crippen LogP) is 2.35. The van der Waals surface area contributed by atoms with Crippen molar-refractivity contribution in [3.05, 3.63) is 24.3 Å². The van der Waals surface area contributed by atoms with E-state index in [9.17, 15) is 4.79 Å². The van der Waals surface area contributed by atoms with Crippen LogP contribution in [0.5, 0.6) is 5.75 Å². The fourth-order valence-corrected chi connectivity index (χ4v) is 3.64. The number of hydrogen-bond acceptors (Lipinski definition) is 4. The zero-order valence-corrected chi connectivity index (χ0v) is 19.1. The first-order valence-electron chi connectivity index (χ1n) is 9.77. The molecule has 1 aromatic carbocycles. The number of likely N-dealkylation sites (tertiary alicyclic amines) is 1. The van der Waals surface area contributed by atoms with E-state index in [-0.39, 0.29) is 36.5 Å². The van der Waals surface area contributed by atoms with E-state index in [1.807, 2.05) is 29.2 Å². The van der Waals surface area contributed by atoms with Gasteiger partial charge in [0.1, 0.15) is 5.75 Å². The van der Waals surface area contributed by atoms with Gasteiger partial charge in [0, 0.05) is 45.8 Å². The van der Waals surface area contributed by atoms with Crippen LogP contribution in [0.4, 0.5) is 5.69 Å². The average molecular weight is 502 g/mol. The Kier molecular flexibility index (Phi) is 9.30. The monoisotopic (exact) mass is 502 g/mol. The highest BCUT2D eigenvalue weighted by atomic mass is 127. The molecule has 0 aromatic heterocycles. The Morgan fingerprint density at radius 1 is 1.39 bits per heavy atom. The lowest BCUT2D eigenvalue weighted by Gasteiger charge is -2.29. The number of nitrogens with zero attached hydrogens (tertiary/aromatic N) is 3. The number of halogens is 1. The first kappa shape index (κ1) is 22.7. The van der Waals surface area contributed by atoms with Crippen LogP contribution in [0.2, 0.25) is 0 Å². The zero-order chi connectivity index (χ0) is 19.1. The third-order valence-electron chi connectivity index (χ3n) is 4.93. The van der Waals surface area contributed by atoms with Gasteiger partial charge >= 0.3 is 0 Å². The largest absolute Gasteiger partial charge is 0.482 e. The molecule has 1 aromatic rings. The van der Waals surface area contributed by atoms with Crippen LogP contribution in [-0.4, -0.2) is 69.8 Å². The molecule has 3 rings (SSSR count). The summed E-state index contributed by atoms with van der Waals surface area (Å²) in [4.78, 5) is 21.1. The molecular weight excluding hydrogens is 471 g/mol. The van der Waals surface area contributed by atoms with E-state index in [0.717, 1.165) is 56.5 Å². The zero-order valence-electron chi connectivity index (χ0n) is 16.7. The van der Waals surface area contributed by atoms with Crippen molar-refractivity contribution in [3.63, 3.8) is 0 Å². The fourth-order valence-electron chi connectivity index (χ4n) is 3.64. The molecule has 7 nitrogen and oxygen atoms in total. The molecule has 2 aliphatic rings. The molecule has 0 radical (unpaired) electrons. The maximum absolute atomic E-state index is 12.2. The number of carbonyl (C=O) groups excluding carboxylic acids is 1. The van der Waals surface area contributed by atoms with Crippen molar-refractivity contribution >= 4 is 41.5 Å². The Balaban J connectivity index is 0.00000280. The number of benzene rings is 1. The molecule has 0 saturated carbocycles. The highest BCUT2D eigenvalue weighted by molar-refractivity contribution is 14.0. The summed E-state index contributed by atoms with van der Waals surface area (Å²) in [6, 6.07) is 7.69. The maximum atomic E-state index is 12.2. The van der Waals surface area contributed by atoms with Crippen LogP contribution in [0.3, 0.4) is 0 Å². The van der Waals surface area contributed by atoms with Gasteiger partial charge in [-0.15, -0.1) is 24.0 Å². The van der Waals surface area contributed by atoms with Gasteiger partial charge in [-0.2, -0.15) is 0 Å². The fraction of sp³-hybridized carbons (Fsp3) is 0.600. The van der Waals surface area contributed by atoms with Gasteiger partial charge in [0.15, 0.2) is 12.6 Å². The summed E-state index contributed by atoms with van der Waals surface area (Å²) in [6.45, 7) is 7.16. The van der Waals surface area contributed by atoms with Gasteiger partial charge in [-0.05, 0) is 31.9 Å². The quantitative estimate of drug-likeness (QED) is 0.269. The number of ether oxygens (including phenoxy) is 2. The molecule has 1 atom stereocenters. The second-order valence-electron chi connectivity index (χ2n) is 6.95. The molecular formula is C20H31IN4O3. The number of rotatable bonds is 7. The lowest BCUT2D eigenvalue weighted by Crippen LogP contribution is -2.41. The third kappa shape index (κ3) is 5.73. The normalized spacial score (nSPS) is 19.1. The van der Waals surface area contributed by atoms with E-state index in [2.05, 4.69) is 17.1 Å². The summed E-state index contributed by atoms with van der Waals surface area (Å²) in [5, 5.41) is 3.38. The number of aliphatic imine (C=N–C) groups is 1. The van der Waals surface area contributed by atoms with Gasteiger partial charge in [-0.1, -0.05) is 12.1 Å². The van der Waals surface area contributed by atoms with Gasteiger partial charge in [0.25, 0.3) is 5.91 Å². The van der Waals surface area contributed by atoms with E-state index in [4.69, 9.17) is 14.5 Å². The second-order valence-corrected chi connectivity index (χ2v) is 6.95. The van der Waals surface area contributed by atoms with Crippen molar-refractivity contribution in [2.75, 3.05) is 57.9 Å². The van der Waals surface area contributed by atoms with Crippen molar-refractivity contribution < 1.29 is 14.3 Å². The number of fused-ring (bicyclic) bond motifs is 1. The third-order valence-corrected chi connectivity index (χ3v) is 4.93. The molecule has 0 aliphatic carbocycles. The van der Waals surface area contributed by atoms with E-state index >= 15 is 0 Å². The Bertz CT molecular complexity index is 671. The van der Waals surface area contributed by atoms with Crippen LogP contribution in [0.15, 0.2) is 29.3 Å². The SMILES string of the molecule is CCNC(=NCCCN1C(=O)COc2ccccc21)N1CCC(COC)C1.I. The Labute approximate surface area is 184 Å². The van der Waals surface area contributed by atoms with Gasteiger partial charge in [0.05, 0.1) is 12.3 Å². The molecule has 1 N–H and O–H groups in total. The molecule has 1 fully saturated rings. The number of amides is 1. The molecule has 2 heterocycles. The number of para-hydroxylation sites is 2. The number of methoxy groups -OCH3 is 1. The van der Waals surface area contributed by atoms with Gasteiger partial charge in [0.2, 0.25) is 0 Å². The lowest BCUT2D eigenvalue weighted by molar-refractivity contribution is -0.121. The van der Waals surface area contributed by atoms with Crippen LogP contribution in [-0.2, 0) is 9.53 Å². The molecule has 8 heteroatoms. The van der Waals surface area contributed by atoms with Crippen LogP contribution < -0.4 is 15.0 Å². The van der Waals surface area contributed by atoms with Crippen molar-refractivity contribution in [1.82, 2.24) is 10.2 Å². The second kappa shape index (κ2) is 11.5. The van der Waals surface area contributed by atoms with E-state index < -0.39 is 0 Å². The van der Waals surface area contributed by atoms with Crippen LogP contribution in [0.1, 0.15) is 19.8 Å². The summed E-state index contributed by atoms with van der Waals surface area (Å²) in [6.07, 6.45) is 1.95.